The minimum absolute atomic E-state index is 0.00419. The molecule has 0 aromatic rings. The van der Waals surface area contributed by atoms with Crippen LogP contribution in [-0.4, -0.2) is 85.5 Å². The second-order valence-electron chi connectivity index (χ2n) is 7.85. The first-order valence-corrected chi connectivity index (χ1v) is 11.5. The topological polar surface area (TPSA) is 139 Å². The number of aliphatic imine (C=N–C) groups is 3. The van der Waals surface area contributed by atoms with Gasteiger partial charge >= 0.3 is 7.82 Å². The van der Waals surface area contributed by atoms with Crippen LogP contribution >= 0.6 is 7.82 Å². The van der Waals surface area contributed by atoms with Crippen LogP contribution in [0.2, 0.25) is 0 Å². The lowest BCUT2D eigenvalue weighted by molar-refractivity contribution is -0.131. The van der Waals surface area contributed by atoms with Gasteiger partial charge in [-0.15, -0.1) is 0 Å². The van der Waals surface area contributed by atoms with Crippen molar-refractivity contribution < 1.29 is 36.7 Å². The molecule has 0 amide bonds. The number of phosphoric acid groups is 1. The highest BCUT2D eigenvalue weighted by molar-refractivity contribution is 7.48. The molecule has 0 saturated carbocycles. The number of nitrogens with two attached hydrogens (primary N) is 1. The number of nitrogens with zero attached hydrogens (tertiary/aromatic N) is 4. The van der Waals surface area contributed by atoms with Crippen molar-refractivity contribution in [1.29, 1.82) is 0 Å². The summed E-state index contributed by atoms with van der Waals surface area (Å²) in [4.78, 5) is 14.3. The van der Waals surface area contributed by atoms with Crippen LogP contribution in [0.5, 0.6) is 0 Å². The molecule has 0 radical (unpaired) electrons. The van der Waals surface area contributed by atoms with Crippen LogP contribution < -0.4 is 5.73 Å². The zero-order chi connectivity index (χ0) is 22.4. The number of guanidine groups is 1. The first kappa shape index (κ1) is 22.6. The molecule has 174 valence electrons. The summed E-state index contributed by atoms with van der Waals surface area (Å²) >= 11 is 0. The molecule has 4 aliphatic heterocycles. The second kappa shape index (κ2) is 8.38. The van der Waals surface area contributed by atoms with Crippen molar-refractivity contribution in [2.75, 3.05) is 20.0 Å². The molecule has 0 spiro atoms. The molecule has 0 aromatic carbocycles. The van der Waals surface area contributed by atoms with Crippen LogP contribution in [0.4, 0.5) is 4.39 Å². The third-order valence-electron chi connectivity index (χ3n) is 5.13. The van der Waals surface area contributed by atoms with E-state index in [4.69, 9.17) is 33.5 Å². The number of phosphoric ester groups is 1. The fraction of sp³-hybridized carbons (Fsp3) is 0.824. The number of rotatable bonds is 4. The maximum atomic E-state index is 16.0. The molecule has 4 aliphatic rings. The van der Waals surface area contributed by atoms with E-state index in [1.807, 2.05) is 6.92 Å². The minimum Gasteiger partial charge on any atom is -0.479 e. The molecule has 31 heavy (non-hydrogen) atoms. The number of fused-ring (bicyclic) bond motifs is 2. The largest absolute Gasteiger partial charge is 0.479 e. The van der Waals surface area contributed by atoms with Crippen molar-refractivity contribution in [2.24, 2.45) is 20.7 Å². The number of halogens is 1. The van der Waals surface area contributed by atoms with Gasteiger partial charge in [0.15, 0.2) is 30.9 Å². The number of hydrogen-bond donors (Lipinski definition) is 1. The first-order chi connectivity index (χ1) is 14.6. The molecular weight excluding hydrogens is 436 g/mol. The molecule has 4 heterocycles. The minimum atomic E-state index is -3.86. The molecule has 14 heteroatoms. The third-order valence-corrected chi connectivity index (χ3v) is 6.70. The monoisotopic (exact) mass is 463 g/mol. The Balaban J connectivity index is 1.53. The summed E-state index contributed by atoms with van der Waals surface area (Å²) in [6, 6.07) is -0.569. The van der Waals surface area contributed by atoms with Gasteiger partial charge in [-0.25, -0.2) is 13.9 Å². The quantitative estimate of drug-likeness (QED) is 0.609. The molecule has 2 fully saturated rings. The highest BCUT2D eigenvalue weighted by atomic mass is 31.2. The number of ether oxygens (including phenoxy) is 3. The summed E-state index contributed by atoms with van der Waals surface area (Å²) in [6.45, 7) is 6.19. The fourth-order valence-corrected chi connectivity index (χ4v) is 5.15. The Morgan fingerprint density at radius 3 is 2.94 bits per heavy atom. The van der Waals surface area contributed by atoms with E-state index in [9.17, 15) is 4.57 Å². The lowest BCUT2D eigenvalue weighted by Crippen LogP contribution is -2.55. The Bertz CT molecular complexity index is 838. The SMILES string of the molecule is CCOC1=NC(N)=NC2C1N=CN2[C@@H]1O[C@@H]2COP(=O)(OC(C)C)OCOC2C1(C)F. The van der Waals surface area contributed by atoms with Gasteiger partial charge in [-0.3, -0.25) is 18.6 Å². The predicted molar refractivity (Wildman–Crippen MR) is 107 cm³/mol. The van der Waals surface area contributed by atoms with Crippen LogP contribution in [0.15, 0.2) is 15.0 Å². The van der Waals surface area contributed by atoms with E-state index in [0.717, 1.165) is 0 Å². The van der Waals surface area contributed by atoms with Crippen molar-refractivity contribution in [3.05, 3.63) is 0 Å². The third kappa shape index (κ3) is 4.22. The molecule has 7 atom stereocenters. The highest BCUT2D eigenvalue weighted by Gasteiger charge is 2.61. The molecule has 12 nitrogen and oxygen atoms in total. The summed E-state index contributed by atoms with van der Waals surface area (Å²) < 4.78 is 61.4. The maximum absolute atomic E-state index is 16.0. The number of alkyl halides is 1. The molecule has 2 saturated heterocycles. The second-order valence-corrected chi connectivity index (χ2v) is 9.47. The van der Waals surface area contributed by atoms with Crippen LogP contribution in [0.3, 0.4) is 0 Å². The average Bonchev–Trinajstić information content (AvgIpc) is 3.17. The molecule has 0 aromatic heterocycles. The molecule has 0 bridgehead atoms. The first-order valence-electron chi connectivity index (χ1n) is 10.0. The Morgan fingerprint density at radius 1 is 1.45 bits per heavy atom. The van der Waals surface area contributed by atoms with Gasteiger partial charge in [0.2, 0.25) is 11.9 Å². The van der Waals surface area contributed by atoms with Crippen molar-refractivity contribution in [3.63, 3.8) is 0 Å². The Hall–Kier alpha value is -1.63. The van der Waals surface area contributed by atoms with Gasteiger partial charge < -0.3 is 24.8 Å². The zero-order valence-electron chi connectivity index (χ0n) is 17.7. The van der Waals surface area contributed by atoms with Gasteiger partial charge in [0.05, 0.1) is 25.7 Å². The predicted octanol–water partition coefficient (Wildman–Crippen LogP) is 1.16. The van der Waals surface area contributed by atoms with E-state index in [0.29, 0.717) is 12.5 Å². The summed E-state index contributed by atoms with van der Waals surface area (Å²) in [6.07, 6.45) is -2.70. The van der Waals surface area contributed by atoms with E-state index < -0.39 is 57.0 Å². The summed E-state index contributed by atoms with van der Waals surface area (Å²) in [7, 11) is -3.86. The smallest absolute Gasteiger partial charge is 0.477 e. The van der Waals surface area contributed by atoms with E-state index >= 15 is 4.39 Å². The molecule has 2 N–H and O–H groups in total. The molecular formula is C17H27FN5O7P. The maximum Gasteiger partial charge on any atom is 0.477 e. The van der Waals surface area contributed by atoms with Crippen molar-refractivity contribution in [1.82, 2.24) is 4.90 Å². The number of hydrogen-bond acceptors (Lipinski definition) is 12. The van der Waals surface area contributed by atoms with Gasteiger partial charge in [-0.05, 0) is 27.7 Å². The average molecular weight is 463 g/mol. The Kier molecular flexibility index (Phi) is 6.10. The van der Waals surface area contributed by atoms with E-state index in [1.165, 1.54) is 18.2 Å². The Labute approximate surface area is 179 Å². The van der Waals surface area contributed by atoms with Crippen LogP contribution in [0, 0.1) is 0 Å². The summed E-state index contributed by atoms with van der Waals surface area (Å²) in [5.41, 5.74) is 3.82. The van der Waals surface area contributed by atoms with Crippen molar-refractivity contribution in [3.8, 4) is 0 Å². The van der Waals surface area contributed by atoms with Gasteiger partial charge in [-0.2, -0.15) is 4.99 Å². The Morgan fingerprint density at radius 2 is 2.23 bits per heavy atom. The highest BCUT2D eigenvalue weighted by Crippen LogP contribution is 2.53. The van der Waals surface area contributed by atoms with E-state index in [1.54, 1.807) is 13.8 Å². The van der Waals surface area contributed by atoms with Crippen molar-refractivity contribution in [2.45, 2.75) is 70.1 Å². The van der Waals surface area contributed by atoms with Crippen molar-refractivity contribution >= 4 is 26.0 Å². The lowest BCUT2D eigenvalue weighted by Gasteiger charge is -2.36. The van der Waals surface area contributed by atoms with Gasteiger partial charge in [0.1, 0.15) is 12.2 Å². The van der Waals surface area contributed by atoms with Gasteiger partial charge in [0.25, 0.3) is 0 Å². The van der Waals surface area contributed by atoms with Crippen LogP contribution in [0.1, 0.15) is 27.7 Å². The lowest BCUT2D eigenvalue weighted by atomic mass is 9.97. The van der Waals surface area contributed by atoms with E-state index in [2.05, 4.69) is 15.0 Å². The molecule has 0 aliphatic carbocycles. The van der Waals surface area contributed by atoms with E-state index in [-0.39, 0.29) is 12.6 Å². The van der Waals surface area contributed by atoms with Crippen LogP contribution in [0.25, 0.3) is 0 Å². The van der Waals surface area contributed by atoms with Crippen LogP contribution in [-0.2, 0) is 32.3 Å². The van der Waals surface area contributed by atoms with Gasteiger partial charge in [0, 0.05) is 0 Å². The fourth-order valence-electron chi connectivity index (χ4n) is 3.92. The normalized spacial score (nSPS) is 42.5. The van der Waals surface area contributed by atoms with Gasteiger partial charge in [-0.1, -0.05) is 0 Å². The molecule has 4 rings (SSSR count). The molecule has 5 unspecified atom stereocenters. The zero-order valence-corrected chi connectivity index (χ0v) is 18.6. The summed E-state index contributed by atoms with van der Waals surface area (Å²) in [5.74, 6) is 0.313. The summed E-state index contributed by atoms with van der Waals surface area (Å²) in [5, 5.41) is 0. The standard InChI is InChI=1S/C17H27FN5O7P/c1-5-25-14-11-13(21-16(19)22-14)23(7-20-11)15-17(4,18)12-10(29-15)6-27-31(24,28-8-26-12)30-9(2)3/h7,9-13,15H,5-6,8H2,1-4H3,(H2,19,21)/t10-,11?,12?,13?,15-,17?,31?/m1/s1.